The second-order valence-electron chi connectivity index (χ2n) is 9.79. The third-order valence-corrected chi connectivity index (χ3v) is 6.98. The van der Waals surface area contributed by atoms with Gasteiger partial charge in [0.05, 0.1) is 0 Å². The Hall–Kier alpha value is -5.28. The lowest BCUT2D eigenvalue weighted by Gasteiger charge is -2.26. The molecule has 40 heavy (non-hydrogen) atoms. The first-order valence-corrected chi connectivity index (χ1v) is 13.4. The van der Waals surface area contributed by atoms with Crippen molar-refractivity contribution in [1.29, 1.82) is 0 Å². The van der Waals surface area contributed by atoms with Gasteiger partial charge in [0.1, 0.15) is 5.75 Å². The van der Waals surface area contributed by atoms with Gasteiger partial charge in [0.15, 0.2) is 0 Å². The third kappa shape index (κ3) is 5.31. The molecular weight excluding hydrogens is 488 g/mol. The fourth-order valence-electron chi connectivity index (χ4n) is 5.02. The van der Waals surface area contributed by atoms with Crippen LogP contribution in [0.2, 0.25) is 0 Å². The number of anilines is 6. The van der Waals surface area contributed by atoms with Crippen LogP contribution in [0.3, 0.4) is 0 Å². The van der Waals surface area contributed by atoms with Crippen LogP contribution in [0, 0.1) is 6.92 Å². The highest BCUT2D eigenvalue weighted by Crippen LogP contribution is 2.38. The minimum absolute atomic E-state index is 0.254. The fraction of sp³-hybridized carbons (Fsp3) is 0.0270. The first-order chi connectivity index (χ1) is 19.7. The van der Waals surface area contributed by atoms with Crippen LogP contribution in [0.25, 0.3) is 11.1 Å². The van der Waals surface area contributed by atoms with Crippen molar-refractivity contribution in [2.45, 2.75) is 6.92 Å². The molecule has 6 aromatic rings. The van der Waals surface area contributed by atoms with Crippen LogP contribution in [0.4, 0.5) is 34.1 Å². The standard InChI is InChI=1S/C37H30N2O/c1-28-9-8-14-36(27-28)39(32-12-6-3-7-13-32)34-21-17-30(18-22-34)29-15-19-33(20-16-29)38(31-10-4-2-5-11-31)35-23-25-37(40)26-24-35/h2-27,40H,1H3. The average molecular weight is 519 g/mol. The number of benzene rings is 6. The molecule has 1 N–H and O–H groups in total. The van der Waals surface area contributed by atoms with Crippen LogP contribution in [0.1, 0.15) is 5.56 Å². The van der Waals surface area contributed by atoms with E-state index >= 15 is 0 Å². The Labute approximate surface area is 235 Å². The molecular formula is C37H30N2O. The molecule has 6 rings (SSSR count). The summed E-state index contributed by atoms with van der Waals surface area (Å²) in [6, 6.07) is 54.0. The number of aryl methyl sites for hydroxylation is 1. The molecule has 3 heteroatoms. The predicted molar refractivity (Wildman–Crippen MR) is 168 cm³/mol. The lowest BCUT2D eigenvalue weighted by atomic mass is 10.0. The summed E-state index contributed by atoms with van der Waals surface area (Å²) in [6.45, 7) is 2.13. The van der Waals surface area contributed by atoms with Crippen molar-refractivity contribution >= 4 is 34.1 Å². The van der Waals surface area contributed by atoms with Crippen LogP contribution in [-0.2, 0) is 0 Å². The summed E-state index contributed by atoms with van der Waals surface area (Å²) >= 11 is 0. The Morgan fingerprint density at radius 2 is 0.750 bits per heavy atom. The molecule has 3 nitrogen and oxygen atoms in total. The van der Waals surface area contributed by atoms with E-state index in [1.165, 1.54) is 5.56 Å². The molecule has 0 spiro atoms. The minimum atomic E-state index is 0.254. The Kier molecular flexibility index (Phi) is 7.02. The van der Waals surface area contributed by atoms with Crippen LogP contribution < -0.4 is 9.80 Å². The highest BCUT2D eigenvalue weighted by atomic mass is 16.3. The summed E-state index contributed by atoms with van der Waals surface area (Å²) in [7, 11) is 0. The van der Waals surface area contributed by atoms with E-state index in [1.807, 2.05) is 36.4 Å². The second-order valence-corrected chi connectivity index (χ2v) is 9.79. The molecule has 0 aliphatic heterocycles. The molecule has 0 bridgehead atoms. The van der Waals surface area contributed by atoms with Crippen molar-refractivity contribution in [3.8, 4) is 16.9 Å². The lowest BCUT2D eigenvalue weighted by Crippen LogP contribution is -2.10. The average Bonchev–Trinajstić information content (AvgIpc) is 3.00. The van der Waals surface area contributed by atoms with Crippen LogP contribution in [0.15, 0.2) is 158 Å². The summed E-state index contributed by atoms with van der Waals surface area (Å²) in [5.74, 6) is 0.254. The van der Waals surface area contributed by atoms with Crippen LogP contribution in [0.5, 0.6) is 5.75 Å². The summed E-state index contributed by atoms with van der Waals surface area (Å²) in [5, 5.41) is 9.82. The molecule has 0 aliphatic carbocycles. The van der Waals surface area contributed by atoms with E-state index in [9.17, 15) is 5.11 Å². The van der Waals surface area contributed by atoms with E-state index in [-0.39, 0.29) is 5.75 Å². The van der Waals surface area contributed by atoms with E-state index in [1.54, 1.807) is 12.1 Å². The summed E-state index contributed by atoms with van der Waals surface area (Å²) in [6.07, 6.45) is 0. The Balaban J connectivity index is 1.32. The SMILES string of the molecule is Cc1cccc(N(c2ccccc2)c2ccc(-c3ccc(N(c4ccccc4)c4ccc(O)cc4)cc3)cc2)c1. The normalized spacial score (nSPS) is 10.7. The van der Waals surface area contributed by atoms with Crippen molar-refractivity contribution in [1.82, 2.24) is 0 Å². The van der Waals surface area contributed by atoms with Crippen molar-refractivity contribution in [3.05, 3.63) is 163 Å². The number of nitrogens with zero attached hydrogens (tertiary/aromatic N) is 2. The fourth-order valence-corrected chi connectivity index (χ4v) is 5.02. The Morgan fingerprint density at radius 3 is 1.20 bits per heavy atom. The van der Waals surface area contributed by atoms with Gasteiger partial charge in [-0.25, -0.2) is 0 Å². The van der Waals surface area contributed by atoms with Crippen LogP contribution >= 0.6 is 0 Å². The van der Waals surface area contributed by atoms with Gasteiger partial charge in [-0.3, -0.25) is 0 Å². The zero-order valence-electron chi connectivity index (χ0n) is 22.4. The molecule has 0 radical (unpaired) electrons. The molecule has 0 atom stereocenters. The maximum absolute atomic E-state index is 9.82. The van der Waals surface area contributed by atoms with E-state index < -0.39 is 0 Å². The van der Waals surface area contributed by atoms with Gasteiger partial charge in [-0.05, 0) is 109 Å². The highest BCUT2D eigenvalue weighted by molar-refractivity contribution is 5.80. The summed E-state index contributed by atoms with van der Waals surface area (Å²) in [4.78, 5) is 4.47. The quantitative estimate of drug-likeness (QED) is 0.228. The monoisotopic (exact) mass is 518 g/mol. The van der Waals surface area contributed by atoms with E-state index in [2.05, 4.69) is 126 Å². The zero-order valence-corrected chi connectivity index (χ0v) is 22.4. The second kappa shape index (κ2) is 11.2. The van der Waals surface area contributed by atoms with Crippen molar-refractivity contribution in [2.75, 3.05) is 9.80 Å². The molecule has 0 fully saturated rings. The number of phenols is 1. The van der Waals surface area contributed by atoms with E-state index in [0.29, 0.717) is 0 Å². The molecule has 6 aromatic carbocycles. The van der Waals surface area contributed by atoms with Gasteiger partial charge < -0.3 is 14.9 Å². The summed E-state index contributed by atoms with van der Waals surface area (Å²) < 4.78 is 0. The maximum atomic E-state index is 9.82. The van der Waals surface area contributed by atoms with E-state index in [4.69, 9.17) is 0 Å². The molecule has 0 saturated carbocycles. The molecule has 0 amide bonds. The maximum Gasteiger partial charge on any atom is 0.115 e. The van der Waals surface area contributed by atoms with Crippen molar-refractivity contribution < 1.29 is 5.11 Å². The number of para-hydroxylation sites is 2. The predicted octanol–water partition coefficient (Wildman–Crippen LogP) is 10.3. The number of phenolic OH excluding ortho intramolecular Hbond substituents is 1. The van der Waals surface area contributed by atoms with Gasteiger partial charge in [-0.2, -0.15) is 0 Å². The minimum Gasteiger partial charge on any atom is -0.508 e. The Morgan fingerprint density at radius 1 is 0.375 bits per heavy atom. The third-order valence-electron chi connectivity index (χ3n) is 6.98. The first-order valence-electron chi connectivity index (χ1n) is 13.4. The van der Waals surface area contributed by atoms with Gasteiger partial charge in [-0.15, -0.1) is 0 Å². The molecule has 0 unspecified atom stereocenters. The molecule has 194 valence electrons. The number of rotatable bonds is 7. The molecule has 0 aromatic heterocycles. The molecule has 0 aliphatic rings. The highest BCUT2D eigenvalue weighted by Gasteiger charge is 2.14. The van der Waals surface area contributed by atoms with Crippen molar-refractivity contribution in [2.24, 2.45) is 0 Å². The number of hydrogen-bond acceptors (Lipinski definition) is 3. The number of hydrogen-bond donors (Lipinski definition) is 1. The molecule has 0 heterocycles. The van der Waals surface area contributed by atoms with Gasteiger partial charge in [0.2, 0.25) is 0 Å². The van der Waals surface area contributed by atoms with Gasteiger partial charge in [-0.1, -0.05) is 72.8 Å². The van der Waals surface area contributed by atoms with Crippen molar-refractivity contribution in [3.63, 3.8) is 0 Å². The van der Waals surface area contributed by atoms with Crippen LogP contribution in [-0.4, -0.2) is 5.11 Å². The molecule has 0 saturated heterocycles. The van der Waals surface area contributed by atoms with Gasteiger partial charge >= 0.3 is 0 Å². The largest absolute Gasteiger partial charge is 0.508 e. The first kappa shape index (κ1) is 25.0. The topological polar surface area (TPSA) is 26.7 Å². The number of aromatic hydroxyl groups is 1. The van der Waals surface area contributed by atoms with E-state index in [0.717, 1.165) is 45.3 Å². The summed E-state index contributed by atoms with van der Waals surface area (Å²) in [5.41, 5.74) is 10.00. The lowest BCUT2D eigenvalue weighted by molar-refractivity contribution is 0.475. The zero-order chi connectivity index (χ0) is 27.3. The smallest absolute Gasteiger partial charge is 0.115 e. The van der Waals surface area contributed by atoms with Gasteiger partial charge in [0.25, 0.3) is 0 Å². The Bertz CT molecular complexity index is 1680. The van der Waals surface area contributed by atoms with Gasteiger partial charge in [0, 0.05) is 34.1 Å².